The topological polar surface area (TPSA) is 89.0 Å². The van der Waals surface area contributed by atoms with Gasteiger partial charge in [0.1, 0.15) is 5.92 Å². The number of methoxy groups -OCH3 is 1. The molecule has 7 nitrogen and oxygen atoms in total. The molecule has 2 aromatic carbocycles. The first kappa shape index (κ1) is 22.4. The van der Waals surface area contributed by atoms with Gasteiger partial charge in [0.15, 0.2) is 11.5 Å². The molecule has 29 heavy (non-hydrogen) atoms. The van der Waals surface area contributed by atoms with Crippen molar-refractivity contribution in [3.63, 3.8) is 0 Å². The molecule has 1 atom stereocenters. The van der Waals surface area contributed by atoms with Crippen LogP contribution < -0.4 is 20.2 Å². The highest BCUT2D eigenvalue weighted by atomic mass is 79.9. The van der Waals surface area contributed by atoms with Crippen LogP contribution in [0.25, 0.3) is 0 Å². The van der Waals surface area contributed by atoms with Gasteiger partial charge in [0, 0.05) is 10.0 Å². The van der Waals surface area contributed by atoms with Gasteiger partial charge in [-0.1, -0.05) is 25.1 Å². The van der Waals surface area contributed by atoms with Crippen molar-refractivity contribution in [1.82, 2.24) is 5.43 Å². The Bertz CT molecular complexity index is 886. The second-order valence-corrected chi connectivity index (χ2v) is 7.01. The van der Waals surface area contributed by atoms with E-state index in [1.165, 1.54) is 13.1 Å². The van der Waals surface area contributed by atoms with Crippen LogP contribution in [-0.2, 0) is 9.59 Å². The van der Waals surface area contributed by atoms with Gasteiger partial charge < -0.3 is 14.8 Å². The van der Waals surface area contributed by atoms with Crippen molar-refractivity contribution >= 4 is 39.6 Å². The maximum absolute atomic E-state index is 12.3. The van der Waals surface area contributed by atoms with Crippen LogP contribution in [0.2, 0.25) is 0 Å². The van der Waals surface area contributed by atoms with Crippen molar-refractivity contribution in [3.05, 3.63) is 52.5 Å². The average Bonchev–Trinajstić information content (AvgIpc) is 2.73. The number of halogens is 1. The minimum absolute atomic E-state index is 0.432. The number of nitrogens with zero attached hydrogens (tertiary/aromatic N) is 1. The summed E-state index contributed by atoms with van der Waals surface area (Å²) in [6.07, 6.45) is 2.30. The average molecular weight is 462 g/mol. The molecule has 2 rings (SSSR count). The van der Waals surface area contributed by atoms with Gasteiger partial charge in [0.2, 0.25) is 5.91 Å². The molecule has 0 saturated carbocycles. The normalized spacial score (nSPS) is 11.7. The fourth-order valence-electron chi connectivity index (χ4n) is 2.34. The second-order valence-electron chi connectivity index (χ2n) is 6.15. The monoisotopic (exact) mass is 461 g/mol. The number of rotatable bonds is 9. The van der Waals surface area contributed by atoms with Gasteiger partial charge in [-0.05, 0) is 53.5 Å². The lowest BCUT2D eigenvalue weighted by Gasteiger charge is -2.13. The number of benzene rings is 2. The van der Waals surface area contributed by atoms with Crippen molar-refractivity contribution in [2.24, 2.45) is 11.0 Å². The fourth-order valence-corrected chi connectivity index (χ4v) is 2.72. The summed E-state index contributed by atoms with van der Waals surface area (Å²) in [4.78, 5) is 24.6. The van der Waals surface area contributed by atoms with Crippen LogP contribution in [0.3, 0.4) is 0 Å². The highest BCUT2D eigenvalue weighted by Gasteiger charge is 2.21. The highest BCUT2D eigenvalue weighted by Crippen LogP contribution is 2.30. The quantitative estimate of drug-likeness (QED) is 0.335. The van der Waals surface area contributed by atoms with Crippen LogP contribution in [0.15, 0.2) is 52.0 Å². The lowest BCUT2D eigenvalue weighted by atomic mass is 10.1. The van der Waals surface area contributed by atoms with Gasteiger partial charge in [-0.25, -0.2) is 5.43 Å². The maximum Gasteiger partial charge on any atom is 0.252 e. The molecule has 2 aromatic rings. The number of hydrazone groups is 1. The van der Waals surface area contributed by atoms with E-state index in [0.717, 1.165) is 10.9 Å². The molecule has 2 amide bonds. The van der Waals surface area contributed by atoms with Gasteiger partial charge in [-0.15, -0.1) is 0 Å². The zero-order valence-corrected chi connectivity index (χ0v) is 18.2. The number of ether oxygens (including phenoxy) is 2. The van der Waals surface area contributed by atoms with E-state index in [4.69, 9.17) is 9.47 Å². The standard InChI is InChI=1S/C21H24BrN3O4/c1-4-12-29-19-15(8-7-11-18(19)28-3)13-23-25-21(27)14(2)20(26)24-17-10-6-5-9-16(17)22/h5-11,13-14H,4,12H2,1-3H3,(H,24,26)(H,25,27). The molecule has 0 aliphatic heterocycles. The molecule has 154 valence electrons. The van der Waals surface area contributed by atoms with Crippen LogP contribution in [-0.4, -0.2) is 31.7 Å². The molecule has 1 unspecified atom stereocenters. The van der Waals surface area contributed by atoms with E-state index in [2.05, 4.69) is 31.8 Å². The van der Waals surface area contributed by atoms with Gasteiger partial charge in [-0.3, -0.25) is 9.59 Å². The zero-order chi connectivity index (χ0) is 21.2. The Balaban J connectivity index is 2.01. The van der Waals surface area contributed by atoms with E-state index in [1.54, 1.807) is 43.5 Å². The SMILES string of the molecule is CCCOc1c(C=NNC(=O)C(C)C(=O)Nc2ccccc2Br)cccc1OC. The Kier molecular flexibility index (Phi) is 8.67. The van der Waals surface area contributed by atoms with E-state index in [1.807, 2.05) is 13.0 Å². The number of hydrogen-bond donors (Lipinski definition) is 2. The molecule has 0 saturated heterocycles. The number of nitrogens with one attached hydrogen (secondary N) is 2. The number of anilines is 1. The smallest absolute Gasteiger partial charge is 0.252 e. The van der Waals surface area contributed by atoms with Crippen molar-refractivity contribution in [1.29, 1.82) is 0 Å². The Morgan fingerprint density at radius 3 is 2.62 bits per heavy atom. The van der Waals surface area contributed by atoms with Crippen LogP contribution in [0, 0.1) is 5.92 Å². The van der Waals surface area contributed by atoms with Crippen LogP contribution in [0.4, 0.5) is 5.69 Å². The molecular weight excluding hydrogens is 438 g/mol. The molecule has 0 aliphatic rings. The van der Waals surface area contributed by atoms with Gasteiger partial charge in [0.05, 0.1) is 25.6 Å². The largest absolute Gasteiger partial charge is 0.493 e. The molecule has 0 heterocycles. The van der Waals surface area contributed by atoms with E-state index in [-0.39, 0.29) is 0 Å². The van der Waals surface area contributed by atoms with E-state index < -0.39 is 17.7 Å². The lowest BCUT2D eigenvalue weighted by molar-refractivity contribution is -0.131. The second kappa shape index (κ2) is 11.2. The first-order valence-corrected chi connectivity index (χ1v) is 9.95. The number of hydrogen-bond acceptors (Lipinski definition) is 5. The summed E-state index contributed by atoms with van der Waals surface area (Å²) < 4.78 is 11.8. The minimum atomic E-state index is -0.930. The van der Waals surface area contributed by atoms with Crippen LogP contribution >= 0.6 is 15.9 Å². The van der Waals surface area contributed by atoms with Gasteiger partial charge >= 0.3 is 0 Å². The fraction of sp³-hybridized carbons (Fsp3) is 0.286. The molecular formula is C21H24BrN3O4. The Labute approximate surface area is 178 Å². The Morgan fingerprint density at radius 1 is 1.17 bits per heavy atom. The summed E-state index contributed by atoms with van der Waals surface area (Å²) in [7, 11) is 1.56. The summed E-state index contributed by atoms with van der Waals surface area (Å²) in [5.74, 6) is -0.757. The molecule has 0 bridgehead atoms. The van der Waals surface area contributed by atoms with Gasteiger partial charge in [-0.2, -0.15) is 5.10 Å². The van der Waals surface area contributed by atoms with Crippen molar-refractivity contribution in [2.45, 2.75) is 20.3 Å². The van der Waals surface area contributed by atoms with E-state index in [9.17, 15) is 9.59 Å². The lowest BCUT2D eigenvalue weighted by Crippen LogP contribution is -2.34. The predicted molar refractivity (Wildman–Crippen MR) is 116 cm³/mol. The van der Waals surface area contributed by atoms with E-state index in [0.29, 0.717) is 29.4 Å². The van der Waals surface area contributed by atoms with Crippen molar-refractivity contribution in [3.8, 4) is 11.5 Å². The van der Waals surface area contributed by atoms with Crippen molar-refractivity contribution in [2.75, 3.05) is 19.0 Å². The number of carbonyl (C=O) groups excluding carboxylic acids is 2. The molecule has 0 spiro atoms. The van der Waals surface area contributed by atoms with Crippen molar-refractivity contribution < 1.29 is 19.1 Å². The number of para-hydroxylation sites is 2. The summed E-state index contributed by atoms with van der Waals surface area (Å²) in [5.41, 5.74) is 3.64. The first-order valence-electron chi connectivity index (χ1n) is 9.16. The maximum atomic E-state index is 12.3. The third-order valence-corrected chi connectivity index (χ3v) is 4.67. The molecule has 0 radical (unpaired) electrons. The minimum Gasteiger partial charge on any atom is -0.493 e. The molecule has 0 aromatic heterocycles. The molecule has 0 fully saturated rings. The number of amides is 2. The Hall–Kier alpha value is -2.87. The first-order chi connectivity index (χ1) is 14.0. The number of carbonyl (C=O) groups is 2. The highest BCUT2D eigenvalue weighted by molar-refractivity contribution is 9.10. The molecule has 2 N–H and O–H groups in total. The zero-order valence-electron chi connectivity index (χ0n) is 16.6. The third kappa shape index (κ3) is 6.32. The summed E-state index contributed by atoms with van der Waals surface area (Å²) >= 11 is 3.35. The molecule has 8 heteroatoms. The summed E-state index contributed by atoms with van der Waals surface area (Å²) in [5, 5.41) is 6.68. The predicted octanol–water partition coefficient (Wildman–Crippen LogP) is 3.97. The van der Waals surface area contributed by atoms with Gasteiger partial charge in [0.25, 0.3) is 5.91 Å². The summed E-state index contributed by atoms with van der Waals surface area (Å²) in [6, 6.07) is 12.6. The third-order valence-electron chi connectivity index (χ3n) is 3.98. The molecule has 0 aliphatic carbocycles. The summed E-state index contributed by atoms with van der Waals surface area (Å²) in [6.45, 7) is 4.04. The Morgan fingerprint density at radius 2 is 1.93 bits per heavy atom. The van der Waals surface area contributed by atoms with Crippen LogP contribution in [0.5, 0.6) is 11.5 Å². The van der Waals surface area contributed by atoms with E-state index >= 15 is 0 Å². The van der Waals surface area contributed by atoms with Crippen LogP contribution in [0.1, 0.15) is 25.8 Å².